The fourth-order valence-electron chi connectivity index (χ4n) is 2.66. The lowest BCUT2D eigenvalue weighted by molar-refractivity contribution is -0.117. The molecule has 21 heavy (non-hydrogen) atoms. The van der Waals surface area contributed by atoms with Crippen molar-refractivity contribution < 1.29 is 13.6 Å². The topological polar surface area (TPSA) is 46.3 Å². The maximum absolute atomic E-state index is 13.8. The maximum atomic E-state index is 13.8. The van der Waals surface area contributed by atoms with Crippen LogP contribution in [0.15, 0.2) is 36.4 Å². The summed E-state index contributed by atoms with van der Waals surface area (Å²) in [5.74, 6) is -1.35. The molecule has 1 amide bonds. The Morgan fingerprint density at radius 2 is 1.86 bits per heavy atom. The van der Waals surface area contributed by atoms with Gasteiger partial charge in [-0.15, -0.1) is 0 Å². The Morgan fingerprint density at radius 1 is 1.19 bits per heavy atom. The van der Waals surface area contributed by atoms with Crippen LogP contribution in [-0.2, 0) is 11.2 Å². The van der Waals surface area contributed by atoms with Gasteiger partial charge in [-0.3, -0.25) is 4.79 Å². The molecule has 1 atom stereocenters. The van der Waals surface area contributed by atoms with Gasteiger partial charge in [-0.05, 0) is 29.3 Å². The first-order chi connectivity index (χ1) is 9.99. The van der Waals surface area contributed by atoms with Crippen molar-refractivity contribution in [3.8, 4) is 0 Å². The number of anilines is 1. The molecule has 0 radical (unpaired) electrons. The Hall–Kier alpha value is -2.27. The summed E-state index contributed by atoms with van der Waals surface area (Å²) in [5.41, 5.74) is 8.07. The summed E-state index contributed by atoms with van der Waals surface area (Å²) in [4.78, 5) is 13.2. The summed E-state index contributed by atoms with van der Waals surface area (Å²) >= 11 is 0. The minimum Gasteiger partial charge on any atom is -0.320 e. The molecule has 1 aliphatic heterocycles. The molecule has 0 aromatic heterocycles. The van der Waals surface area contributed by atoms with Crippen molar-refractivity contribution in [3.63, 3.8) is 0 Å². The van der Waals surface area contributed by atoms with E-state index in [9.17, 15) is 13.6 Å². The van der Waals surface area contributed by atoms with Crippen molar-refractivity contribution in [1.82, 2.24) is 0 Å². The summed E-state index contributed by atoms with van der Waals surface area (Å²) in [5, 5.41) is 0. The highest BCUT2D eigenvalue weighted by Gasteiger charge is 2.26. The number of nitrogens with zero attached hydrogens (tertiary/aromatic N) is 1. The van der Waals surface area contributed by atoms with Crippen molar-refractivity contribution >= 4 is 11.6 Å². The van der Waals surface area contributed by atoms with Crippen molar-refractivity contribution in [2.24, 2.45) is 5.73 Å². The Labute approximate surface area is 121 Å². The number of nitrogens with two attached hydrogens (primary N) is 1. The normalized spacial score (nSPS) is 15.2. The summed E-state index contributed by atoms with van der Waals surface area (Å²) < 4.78 is 27.6. The van der Waals surface area contributed by atoms with Gasteiger partial charge in [0.25, 0.3) is 0 Å². The van der Waals surface area contributed by atoms with Crippen molar-refractivity contribution in [2.75, 3.05) is 11.9 Å². The number of likely N-dealkylation sites (N-methyl/N-ethyl adjacent to an activating group) is 1. The van der Waals surface area contributed by atoms with Gasteiger partial charge in [0.05, 0.1) is 12.5 Å². The fraction of sp³-hybridized carbons (Fsp3) is 0.188. The van der Waals surface area contributed by atoms with Crippen LogP contribution in [0.25, 0.3) is 0 Å². The fourth-order valence-corrected chi connectivity index (χ4v) is 2.66. The number of hydrogen-bond donors (Lipinski definition) is 1. The quantitative estimate of drug-likeness (QED) is 0.923. The number of amides is 1. The van der Waals surface area contributed by atoms with Crippen LogP contribution < -0.4 is 10.6 Å². The third kappa shape index (κ3) is 2.19. The van der Waals surface area contributed by atoms with E-state index in [0.717, 1.165) is 11.3 Å². The molecule has 1 unspecified atom stereocenters. The van der Waals surface area contributed by atoms with Crippen LogP contribution in [0.2, 0.25) is 0 Å². The first-order valence-corrected chi connectivity index (χ1v) is 6.58. The number of hydrogen-bond acceptors (Lipinski definition) is 2. The molecule has 1 aliphatic rings. The van der Waals surface area contributed by atoms with Crippen LogP contribution in [-0.4, -0.2) is 13.0 Å². The second-order valence-electron chi connectivity index (χ2n) is 5.13. The zero-order valence-corrected chi connectivity index (χ0v) is 11.4. The van der Waals surface area contributed by atoms with E-state index < -0.39 is 17.7 Å². The van der Waals surface area contributed by atoms with E-state index in [1.54, 1.807) is 30.1 Å². The summed E-state index contributed by atoms with van der Waals surface area (Å²) in [6, 6.07) is 7.96. The van der Waals surface area contributed by atoms with Crippen LogP contribution >= 0.6 is 0 Å². The molecule has 1 heterocycles. The van der Waals surface area contributed by atoms with E-state index >= 15 is 0 Å². The van der Waals surface area contributed by atoms with E-state index in [0.29, 0.717) is 5.56 Å². The van der Waals surface area contributed by atoms with Gasteiger partial charge in [0.1, 0.15) is 11.6 Å². The summed E-state index contributed by atoms with van der Waals surface area (Å²) in [6.45, 7) is 0. The van der Waals surface area contributed by atoms with Crippen LogP contribution in [0, 0.1) is 11.6 Å². The molecule has 0 bridgehead atoms. The first-order valence-electron chi connectivity index (χ1n) is 6.58. The predicted molar refractivity (Wildman–Crippen MR) is 75.9 cm³/mol. The van der Waals surface area contributed by atoms with Gasteiger partial charge in [-0.1, -0.05) is 18.2 Å². The van der Waals surface area contributed by atoms with Gasteiger partial charge in [0, 0.05) is 18.3 Å². The maximum Gasteiger partial charge on any atom is 0.231 e. The highest BCUT2D eigenvalue weighted by Crippen LogP contribution is 2.32. The van der Waals surface area contributed by atoms with E-state index in [-0.39, 0.29) is 17.9 Å². The third-order valence-corrected chi connectivity index (χ3v) is 3.85. The largest absolute Gasteiger partial charge is 0.320 e. The molecule has 0 saturated heterocycles. The Morgan fingerprint density at radius 3 is 2.52 bits per heavy atom. The van der Waals surface area contributed by atoms with Gasteiger partial charge in [-0.2, -0.15) is 0 Å². The van der Waals surface area contributed by atoms with Gasteiger partial charge >= 0.3 is 0 Å². The zero-order valence-electron chi connectivity index (χ0n) is 11.4. The minimum atomic E-state index is -0.905. The predicted octanol–water partition coefficient (Wildman–Crippen LogP) is 2.53. The zero-order chi connectivity index (χ0) is 15.1. The average molecular weight is 288 g/mol. The van der Waals surface area contributed by atoms with Crippen molar-refractivity contribution in [3.05, 3.63) is 64.7 Å². The smallest absolute Gasteiger partial charge is 0.231 e. The Bertz CT molecular complexity index is 710. The van der Waals surface area contributed by atoms with E-state index in [1.807, 2.05) is 0 Å². The molecule has 3 rings (SSSR count). The molecular formula is C16H14F2N2O. The van der Waals surface area contributed by atoms with E-state index in [1.165, 1.54) is 18.2 Å². The third-order valence-electron chi connectivity index (χ3n) is 3.85. The first kappa shape index (κ1) is 13.7. The molecule has 0 fully saturated rings. The monoisotopic (exact) mass is 288 g/mol. The van der Waals surface area contributed by atoms with Crippen LogP contribution in [0.4, 0.5) is 14.5 Å². The van der Waals surface area contributed by atoms with Gasteiger partial charge in [0.15, 0.2) is 0 Å². The average Bonchev–Trinajstić information content (AvgIpc) is 2.73. The minimum absolute atomic E-state index is 0.00667. The molecule has 2 N–H and O–H groups in total. The number of benzene rings is 2. The number of halogens is 2. The summed E-state index contributed by atoms with van der Waals surface area (Å²) in [7, 11) is 1.70. The summed E-state index contributed by atoms with van der Waals surface area (Å²) in [6.07, 6.45) is 0.284. The van der Waals surface area contributed by atoms with Crippen LogP contribution in [0.5, 0.6) is 0 Å². The van der Waals surface area contributed by atoms with E-state index in [2.05, 4.69) is 0 Å². The molecule has 3 nitrogen and oxygen atoms in total. The molecular weight excluding hydrogens is 274 g/mol. The van der Waals surface area contributed by atoms with Crippen LogP contribution in [0.1, 0.15) is 22.7 Å². The van der Waals surface area contributed by atoms with E-state index in [4.69, 9.17) is 5.73 Å². The number of fused-ring (bicyclic) bond motifs is 1. The van der Waals surface area contributed by atoms with Gasteiger partial charge in [0.2, 0.25) is 5.91 Å². The molecule has 0 spiro atoms. The molecule has 108 valence electrons. The van der Waals surface area contributed by atoms with Crippen LogP contribution in [0.3, 0.4) is 0 Å². The molecule has 5 heteroatoms. The van der Waals surface area contributed by atoms with Crippen molar-refractivity contribution in [1.29, 1.82) is 0 Å². The molecule has 0 aliphatic carbocycles. The lowest BCUT2D eigenvalue weighted by atomic mass is 9.96. The Kier molecular flexibility index (Phi) is 3.22. The number of rotatable bonds is 2. The highest BCUT2D eigenvalue weighted by atomic mass is 19.1. The van der Waals surface area contributed by atoms with Gasteiger partial charge in [-0.25, -0.2) is 8.78 Å². The highest BCUT2D eigenvalue weighted by molar-refractivity contribution is 6.00. The number of carbonyl (C=O) groups excluding carboxylic acids is 1. The molecule has 0 saturated carbocycles. The van der Waals surface area contributed by atoms with Gasteiger partial charge < -0.3 is 10.6 Å². The second kappa shape index (κ2) is 4.93. The van der Waals surface area contributed by atoms with Crippen molar-refractivity contribution in [2.45, 2.75) is 12.5 Å². The molecule has 2 aromatic carbocycles. The Balaban J connectivity index is 2.02. The standard InChI is InChI=1S/C16H14F2N2O/c1-20-13-6-5-9(7-10(13)8-14(20)21)16(19)15-11(17)3-2-4-12(15)18/h2-7,16H,8,19H2,1H3. The lowest BCUT2D eigenvalue weighted by Crippen LogP contribution is -2.20. The lowest BCUT2D eigenvalue weighted by Gasteiger charge is -2.16. The number of carbonyl (C=O) groups is 1. The SMILES string of the molecule is CN1C(=O)Cc2cc(C(N)c3c(F)cccc3F)ccc21. The second-order valence-corrected chi connectivity index (χ2v) is 5.13. The molecule has 2 aromatic rings.